The van der Waals surface area contributed by atoms with Gasteiger partial charge in [-0.2, -0.15) is 0 Å². The van der Waals surface area contributed by atoms with Gasteiger partial charge in [-0.3, -0.25) is 0 Å². The molecule has 0 heterocycles. The second-order valence-corrected chi connectivity index (χ2v) is 1.54. The van der Waals surface area contributed by atoms with E-state index in [0.717, 1.165) is 0 Å². The van der Waals surface area contributed by atoms with Gasteiger partial charge in [0.2, 0.25) is 0 Å². The van der Waals surface area contributed by atoms with Gasteiger partial charge in [0.1, 0.15) is 0 Å². The van der Waals surface area contributed by atoms with Crippen LogP contribution < -0.4 is 59.1 Å². The molecule has 0 saturated carbocycles. The van der Waals surface area contributed by atoms with Crippen LogP contribution in [0.5, 0.6) is 0 Å². The summed E-state index contributed by atoms with van der Waals surface area (Å²) < 4.78 is 8.88. The first-order chi connectivity index (χ1) is 2.00. The van der Waals surface area contributed by atoms with Gasteiger partial charge < -0.3 is 20.2 Å². The number of rotatable bonds is 0. The molecule has 0 aliphatic heterocycles. The predicted molar refractivity (Wildman–Crippen MR) is 14.9 cm³/mol. The van der Waals surface area contributed by atoms with E-state index in [-0.39, 0.29) is 64.6 Å². The van der Waals surface area contributed by atoms with Crippen LogP contribution >= 0.6 is 7.82 Å². The van der Waals surface area contributed by atoms with Crippen LogP contribution in [-0.2, 0) is 10.0 Å². The minimum atomic E-state index is -4.64. The van der Waals surface area contributed by atoms with Gasteiger partial charge in [0.15, 0.2) is 0 Å². The summed E-state index contributed by atoms with van der Waals surface area (Å²) in [6, 6.07) is 0. The van der Waals surface area contributed by atoms with Crippen molar-refractivity contribution in [3.63, 3.8) is 0 Å². The van der Waals surface area contributed by atoms with Crippen molar-refractivity contribution in [3.05, 3.63) is 0 Å². The Labute approximate surface area is 90.6 Å². The summed E-state index contributed by atoms with van der Waals surface area (Å²) in [4.78, 5) is 21.6. The summed E-state index contributed by atoms with van der Waals surface area (Å²) in [5.41, 5.74) is 0. The summed E-state index contributed by atoms with van der Waals surface area (Å²) >= 11 is 0. The van der Waals surface area contributed by atoms with Crippen molar-refractivity contribution in [2.75, 3.05) is 0 Å². The zero-order valence-electron chi connectivity index (χ0n) is 4.61. The molecule has 0 aliphatic rings. The largest absolute Gasteiger partial charge is 2.00 e. The van der Waals surface area contributed by atoms with Crippen molar-refractivity contribution in [3.8, 4) is 0 Å². The molecule has 0 bridgehead atoms. The van der Waals surface area contributed by atoms with Gasteiger partial charge in [0.05, 0.1) is 0 Å². The fourth-order valence-corrected chi connectivity index (χ4v) is 0. The Hall–Kier alpha value is 2.07. The molecule has 0 rings (SSSR count). The smallest absolute Gasteiger partial charge is 1.00 e. The molecule has 0 aliphatic carbocycles. The normalized spacial score (nSPS) is 7.38. The second-order valence-electron chi connectivity index (χ2n) is 0.513. The fourth-order valence-electron chi connectivity index (χ4n) is 0. The third kappa shape index (κ3) is 94.1. The second kappa shape index (κ2) is 9.07. The Morgan fingerprint density at radius 2 is 1.00 bits per heavy atom. The molecule has 8 heteroatoms. The first-order valence-corrected chi connectivity index (χ1v) is 2.35. The van der Waals surface area contributed by atoms with E-state index in [1.165, 1.54) is 0 Å². The number of phosphoric acid groups is 1. The number of hydrogen-bond donors (Lipinski definition) is 3. The molecule has 0 radical (unpaired) electrons. The molecule has 0 atom stereocenters. The predicted octanol–water partition coefficient (Wildman–Crippen LogP) is -7.04. The van der Waals surface area contributed by atoms with Crippen LogP contribution in [0.1, 0.15) is 0 Å². The molecule has 0 amide bonds. The molecule has 5 nitrogen and oxygen atoms in total. The molecule has 0 spiro atoms. The van der Waals surface area contributed by atoms with Crippen LogP contribution in [0.2, 0.25) is 0 Å². The maximum atomic E-state index is 8.88. The molecule has 0 aromatic rings. The first-order valence-electron chi connectivity index (χ1n) is 0.783. The van der Waals surface area contributed by atoms with Gasteiger partial charge in [-0.1, -0.05) is 0 Å². The Bertz CT molecular complexity index is 56.6. The topological polar surface area (TPSA) is 106 Å². The van der Waals surface area contributed by atoms with Crippen molar-refractivity contribution >= 4 is 7.82 Å². The van der Waals surface area contributed by atoms with Gasteiger partial charge >= 0.3 is 66.9 Å². The quantitative estimate of drug-likeness (QED) is 0.241. The summed E-state index contributed by atoms with van der Waals surface area (Å²) in [7, 11) is -4.64. The van der Waals surface area contributed by atoms with Crippen LogP contribution in [0, 0.1) is 0 Å². The Kier molecular flexibility index (Phi) is 25.5. The van der Waals surface area contributed by atoms with E-state index in [1.807, 2.05) is 0 Å². The van der Waals surface area contributed by atoms with Crippen molar-refractivity contribution in [1.29, 1.82) is 0 Å². The maximum Gasteiger partial charge on any atom is 1.00 e. The third-order valence-corrected chi connectivity index (χ3v) is 0. The van der Waals surface area contributed by atoms with E-state index in [0.29, 0.717) is 0 Å². The Balaban J connectivity index is -0.0000000267. The summed E-state index contributed by atoms with van der Waals surface area (Å²) in [5, 5.41) is 0. The van der Waals surface area contributed by atoms with Gasteiger partial charge in [-0.15, -0.1) is 0 Å². The molecule has 0 fully saturated rings. The van der Waals surface area contributed by atoms with Gasteiger partial charge in [0, 0.05) is 0 Å². The molecule has 3 N–H and O–H groups in total. The van der Waals surface area contributed by atoms with Crippen molar-refractivity contribution in [2.24, 2.45) is 0 Å². The van der Waals surface area contributed by atoms with Crippen LogP contribution in [0.15, 0.2) is 0 Å². The average molecular weight is 160 g/mol. The minimum Gasteiger partial charge on any atom is -2.00 e. The molecule has 0 saturated heterocycles. The standard InChI is InChI=1S/2Na.H3O4P.O/c;;1-5(2,3)4;/h;;(H3,1,2,3,4);/q2*+1;;-2. The van der Waals surface area contributed by atoms with E-state index in [4.69, 9.17) is 19.2 Å². The van der Waals surface area contributed by atoms with E-state index >= 15 is 0 Å². The van der Waals surface area contributed by atoms with Gasteiger partial charge in [-0.25, -0.2) is 4.57 Å². The molecule has 8 heavy (non-hydrogen) atoms. The maximum absolute atomic E-state index is 8.88. The molecular formula is H3Na2O5P. The van der Waals surface area contributed by atoms with E-state index < -0.39 is 7.82 Å². The Morgan fingerprint density at radius 1 is 1.00 bits per heavy atom. The summed E-state index contributed by atoms with van der Waals surface area (Å²) in [5.74, 6) is 0. The van der Waals surface area contributed by atoms with Crippen LogP contribution in [0.3, 0.4) is 0 Å². The monoisotopic (exact) mass is 160 g/mol. The van der Waals surface area contributed by atoms with E-state index in [2.05, 4.69) is 0 Å². The Morgan fingerprint density at radius 3 is 1.00 bits per heavy atom. The van der Waals surface area contributed by atoms with Crippen LogP contribution in [0.25, 0.3) is 0 Å². The van der Waals surface area contributed by atoms with Gasteiger partial charge in [0.25, 0.3) is 0 Å². The molecule has 40 valence electrons. The number of hydrogen-bond acceptors (Lipinski definition) is 1. The van der Waals surface area contributed by atoms with E-state index in [9.17, 15) is 0 Å². The van der Waals surface area contributed by atoms with Crippen molar-refractivity contribution in [1.82, 2.24) is 0 Å². The van der Waals surface area contributed by atoms with Gasteiger partial charge in [-0.05, 0) is 0 Å². The molecule has 0 unspecified atom stereocenters. The van der Waals surface area contributed by atoms with Crippen molar-refractivity contribution < 1.29 is 83.8 Å². The first kappa shape index (κ1) is 22.5. The minimum absolute atomic E-state index is 0. The third-order valence-electron chi connectivity index (χ3n) is 0. The SMILES string of the molecule is O=P(O)(O)O.[Na+].[Na+].[O-2]. The van der Waals surface area contributed by atoms with Crippen LogP contribution in [-0.4, -0.2) is 14.7 Å². The zero-order valence-corrected chi connectivity index (χ0v) is 9.50. The molecule has 0 aromatic heterocycles. The zero-order chi connectivity index (χ0) is 4.50. The fraction of sp³-hybridized carbons (Fsp3) is 0. The summed E-state index contributed by atoms with van der Waals surface area (Å²) in [6.07, 6.45) is 0. The van der Waals surface area contributed by atoms with Crippen LogP contribution in [0.4, 0.5) is 0 Å². The molecular weight excluding hydrogens is 157 g/mol. The van der Waals surface area contributed by atoms with E-state index in [1.54, 1.807) is 0 Å². The van der Waals surface area contributed by atoms with Crippen molar-refractivity contribution in [2.45, 2.75) is 0 Å². The summed E-state index contributed by atoms with van der Waals surface area (Å²) in [6.45, 7) is 0. The molecule has 0 aromatic carbocycles. The average Bonchev–Trinajstić information content (AvgIpc) is 0.722.